The summed E-state index contributed by atoms with van der Waals surface area (Å²) in [5.74, 6) is -0.637. The molecule has 4 nitrogen and oxygen atoms in total. The molecular weight excluding hydrogens is 240 g/mol. The highest BCUT2D eigenvalue weighted by Crippen LogP contribution is 2.36. The predicted octanol–water partition coefficient (Wildman–Crippen LogP) is 1.94. The van der Waals surface area contributed by atoms with Gasteiger partial charge in [-0.05, 0) is 45.6 Å². The topological polar surface area (TPSA) is 43.8 Å². The first kappa shape index (κ1) is 13.4. The normalized spacial score (nSPS) is 37.6. The van der Waals surface area contributed by atoms with E-state index in [1.807, 2.05) is 0 Å². The van der Waals surface area contributed by atoms with Gasteiger partial charge in [0.05, 0.1) is 6.42 Å². The molecule has 1 aliphatic carbocycles. The highest BCUT2D eigenvalue weighted by molar-refractivity contribution is 5.67. The quantitative estimate of drug-likeness (QED) is 0.844. The molecule has 1 N–H and O–H groups in total. The Morgan fingerprint density at radius 1 is 1.16 bits per heavy atom. The Balaban J connectivity index is 1.64. The van der Waals surface area contributed by atoms with E-state index in [9.17, 15) is 4.79 Å². The van der Waals surface area contributed by atoms with E-state index in [0.29, 0.717) is 18.5 Å². The van der Waals surface area contributed by atoms with Gasteiger partial charge >= 0.3 is 5.97 Å². The number of hydrogen-bond donors (Lipinski definition) is 1. The fourth-order valence-electron chi connectivity index (χ4n) is 4.11. The summed E-state index contributed by atoms with van der Waals surface area (Å²) >= 11 is 0. The lowest BCUT2D eigenvalue weighted by molar-refractivity contribution is -0.139. The van der Waals surface area contributed by atoms with Gasteiger partial charge in [-0.25, -0.2) is 0 Å². The number of piperidine rings is 1. The highest BCUT2D eigenvalue weighted by Gasteiger charge is 2.42. The molecule has 0 aromatic heterocycles. The minimum Gasteiger partial charge on any atom is -0.481 e. The highest BCUT2D eigenvalue weighted by atomic mass is 16.4. The molecule has 3 unspecified atom stereocenters. The van der Waals surface area contributed by atoms with Gasteiger partial charge in [-0.2, -0.15) is 0 Å². The van der Waals surface area contributed by atoms with Crippen LogP contribution in [-0.2, 0) is 4.79 Å². The van der Waals surface area contributed by atoms with Crippen LogP contribution in [-0.4, -0.2) is 58.1 Å². The third-order valence-electron chi connectivity index (χ3n) is 5.17. The number of carboxylic acids is 1. The van der Waals surface area contributed by atoms with Crippen molar-refractivity contribution in [2.45, 2.75) is 76.0 Å². The Labute approximate surface area is 115 Å². The smallest absolute Gasteiger partial charge is 0.304 e. The molecule has 0 amide bonds. The number of hydrogen-bond acceptors (Lipinski definition) is 3. The van der Waals surface area contributed by atoms with Crippen molar-refractivity contribution in [3.63, 3.8) is 0 Å². The Morgan fingerprint density at radius 3 is 2.63 bits per heavy atom. The van der Waals surface area contributed by atoms with E-state index in [1.54, 1.807) is 0 Å². The van der Waals surface area contributed by atoms with E-state index < -0.39 is 5.97 Å². The van der Waals surface area contributed by atoms with Crippen LogP contribution in [0.5, 0.6) is 0 Å². The minimum atomic E-state index is -0.637. The summed E-state index contributed by atoms with van der Waals surface area (Å²) in [4.78, 5) is 16.2. The molecule has 2 saturated heterocycles. The van der Waals surface area contributed by atoms with Crippen LogP contribution in [0.2, 0.25) is 0 Å². The van der Waals surface area contributed by atoms with Crippen LogP contribution in [0.25, 0.3) is 0 Å². The van der Waals surface area contributed by atoms with Crippen molar-refractivity contribution in [3.05, 3.63) is 0 Å². The van der Waals surface area contributed by atoms with Gasteiger partial charge in [0.1, 0.15) is 0 Å². The van der Waals surface area contributed by atoms with E-state index in [0.717, 1.165) is 19.0 Å². The van der Waals surface area contributed by atoms with Crippen molar-refractivity contribution in [1.82, 2.24) is 9.80 Å². The van der Waals surface area contributed by atoms with Gasteiger partial charge in [-0.1, -0.05) is 6.42 Å². The zero-order chi connectivity index (χ0) is 13.4. The second-order valence-corrected chi connectivity index (χ2v) is 6.65. The van der Waals surface area contributed by atoms with Crippen LogP contribution in [0.15, 0.2) is 0 Å². The van der Waals surface area contributed by atoms with E-state index in [4.69, 9.17) is 5.11 Å². The predicted molar refractivity (Wildman–Crippen MR) is 74.2 cm³/mol. The van der Waals surface area contributed by atoms with Crippen LogP contribution in [0, 0.1) is 0 Å². The summed E-state index contributed by atoms with van der Waals surface area (Å²) in [6, 6.07) is 2.40. The number of likely N-dealkylation sites (tertiary alicyclic amines) is 2. The van der Waals surface area contributed by atoms with Crippen LogP contribution in [0.3, 0.4) is 0 Å². The second kappa shape index (κ2) is 5.41. The first-order valence-electron chi connectivity index (χ1n) is 7.88. The SMILES string of the molecule is CC1CC(N2CCCCC2CC(=O)O)CN1C1CC1. The van der Waals surface area contributed by atoms with Crippen molar-refractivity contribution < 1.29 is 9.90 Å². The molecule has 0 radical (unpaired) electrons. The standard InChI is InChI=1S/C15H26N2O2/c1-11-8-14(10-17(11)12-5-6-12)16-7-3-2-4-13(16)9-15(18)19/h11-14H,2-10H2,1H3,(H,18,19). The molecule has 2 aliphatic heterocycles. The van der Waals surface area contributed by atoms with Crippen molar-refractivity contribution in [2.24, 2.45) is 0 Å². The molecule has 3 fully saturated rings. The van der Waals surface area contributed by atoms with E-state index >= 15 is 0 Å². The maximum absolute atomic E-state index is 11.0. The number of rotatable bonds is 4. The van der Waals surface area contributed by atoms with E-state index in [-0.39, 0.29) is 6.04 Å². The van der Waals surface area contributed by atoms with Crippen LogP contribution in [0.4, 0.5) is 0 Å². The summed E-state index contributed by atoms with van der Waals surface area (Å²) in [7, 11) is 0. The Bertz CT molecular complexity index is 343. The molecule has 108 valence electrons. The summed E-state index contributed by atoms with van der Waals surface area (Å²) in [6.07, 6.45) is 7.81. The van der Waals surface area contributed by atoms with Crippen LogP contribution in [0.1, 0.15) is 51.9 Å². The molecule has 0 aromatic carbocycles. The zero-order valence-corrected chi connectivity index (χ0v) is 11.9. The first-order valence-corrected chi connectivity index (χ1v) is 7.88. The molecule has 0 spiro atoms. The monoisotopic (exact) mass is 266 g/mol. The van der Waals surface area contributed by atoms with Crippen molar-refractivity contribution >= 4 is 5.97 Å². The Kier molecular flexibility index (Phi) is 3.81. The first-order chi connectivity index (χ1) is 9.15. The molecule has 1 saturated carbocycles. The molecule has 2 heterocycles. The average molecular weight is 266 g/mol. The van der Waals surface area contributed by atoms with Gasteiger partial charge < -0.3 is 5.11 Å². The van der Waals surface area contributed by atoms with Crippen molar-refractivity contribution in [1.29, 1.82) is 0 Å². The number of nitrogens with zero attached hydrogens (tertiary/aromatic N) is 2. The molecule has 0 bridgehead atoms. The van der Waals surface area contributed by atoms with Gasteiger partial charge in [0.15, 0.2) is 0 Å². The second-order valence-electron chi connectivity index (χ2n) is 6.65. The number of aliphatic carboxylic acids is 1. The lowest BCUT2D eigenvalue weighted by Gasteiger charge is -2.39. The lowest BCUT2D eigenvalue weighted by atomic mass is 9.96. The van der Waals surface area contributed by atoms with Gasteiger partial charge in [-0.3, -0.25) is 14.6 Å². The number of carbonyl (C=O) groups is 1. The van der Waals surface area contributed by atoms with Gasteiger partial charge in [-0.15, -0.1) is 0 Å². The summed E-state index contributed by atoms with van der Waals surface area (Å²) < 4.78 is 0. The maximum Gasteiger partial charge on any atom is 0.304 e. The van der Waals surface area contributed by atoms with Gasteiger partial charge in [0.25, 0.3) is 0 Å². The largest absolute Gasteiger partial charge is 0.481 e. The van der Waals surface area contributed by atoms with E-state index in [1.165, 1.54) is 38.6 Å². The minimum absolute atomic E-state index is 0.280. The van der Waals surface area contributed by atoms with Crippen LogP contribution < -0.4 is 0 Å². The molecule has 3 rings (SSSR count). The lowest BCUT2D eigenvalue weighted by Crippen LogP contribution is -2.48. The molecule has 19 heavy (non-hydrogen) atoms. The zero-order valence-electron chi connectivity index (χ0n) is 11.9. The Morgan fingerprint density at radius 2 is 1.95 bits per heavy atom. The molecule has 0 aromatic rings. The number of carboxylic acid groups (broad SMARTS) is 1. The summed E-state index contributed by atoms with van der Waals surface area (Å²) in [5, 5.41) is 9.09. The van der Waals surface area contributed by atoms with Gasteiger partial charge in [0, 0.05) is 30.7 Å². The molecule has 3 atom stereocenters. The summed E-state index contributed by atoms with van der Waals surface area (Å²) in [5.41, 5.74) is 0. The fourth-order valence-corrected chi connectivity index (χ4v) is 4.11. The Hall–Kier alpha value is -0.610. The van der Waals surface area contributed by atoms with Crippen molar-refractivity contribution in [2.75, 3.05) is 13.1 Å². The third kappa shape index (κ3) is 2.95. The van der Waals surface area contributed by atoms with E-state index in [2.05, 4.69) is 16.7 Å². The van der Waals surface area contributed by atoms with Gasteiger partial charge in [0.2, 0.25) is 0 Å². The molecular formula is C15H26N2O2. The molecule has 4 heteroatoms. The average Bonchev–Trinajstić information content (AvgIpc) is 3.13. The van der Waals surface area contributed by atoms with Crippen LogP contribution >= 0.6 is 0 Å². The maximum atomic E-state index is 11.0. The van der Waals surface area contributed by atoms with Crippen molar-refractivity contribution in [3.8, 4) is 0 Å². The molecule has 3 aliphatic rings. The fraction of sp³-hybridized carbons (Fsp3) is 0.933. The summed E-state index contributed by atoms with van der Waals surface area (Å²) in [6.45, 7) is 4.62. The third-order valence-corrected chi connectivity index (χ3v) is 5.17.